The van der Waals surface area contributed by atoms with Crippen LogP contribution in [0.3, 0.4) is 0 Å². The minimum atomic E-state index is -0.596. The monoisotopic (exact) mass is 410 g/mol. The Bertz CT molecular complexity index is 859. The van der Waals surface area contributed by atoms with Crippen molar-refractivity contribution in [1.82, 2.24) is 10.2 Å². The van der Waals surface area contributed by atoms with Gasteiger partial charge in [-0.05, 0) is 62.4 Å². The van der Waals surface area contributed by atoms with Crippen molar-refractivity contribution in [2.45, 2.75) is 54.1 Å². The van der Waals surface area contributed by atoms with Crippen LogP contribution >= 0.6 is 0 Å². The van der Waals surface area contributed by atoms with Crippen LogP contribution in [0.5, 0.6) is 5.75 Å². The summed E-state index contributed by atoms with van der Waals surface area (Å²) < 4.78 is 5.75. The van der Waals surface area contributed by atoms with Gasteiger partial charge in [-0.1, -0.05) is 49.7 Å². The molecule has 0 radical (unpaired) electrons. The zero-order valence-corrected chi connectivity index (χ0v) is 19.0. The molecule has 162 valence electrons. The lowest BCUT2D eigenvalue weighted by atomic mass is 10.1. The summed E-state index contributed by atoms with van der Waals surface area (Å²) in [4.78, 5) is 27.3. The Morgan fingerprint density at radius 1 is 0.967 bits per heavy atom. The molecule has 0 aromatic heterocycles. The van der Waals surface area contributed by atoms with E-state index in [0.717, 1.165) is 16.7 Å². The fraction of sp³-hybridized carbons (Fsp3) is 0.440. The van der Waals surface area contributed by atoms with Gasteiger partial charge in [0.05, 0.1) is 0 Å². The highest BCUT2D eigenvalue weighted by atomic mass is 16.5. The number of ether oxygens (including phenoxy) is 1. The molecule has 2 rings (SSSR count). The molecule has 0 aliphatic rings. The van der Waals surface area contributed by atoms with Gasteiger partial charge in [0.15, 0.2) is 6.61 Å². The Balaban J connectivity index is 2.13. The van der Waals surface area contributed by atoms with Crippen molar-refractivity contribution in [3.63, 3.8) is 0 Å². The predicted octanol–water partition coefficient (Wildman–Crippen LogP) is 4.18. The number of hydrogen-bond donors (Lipinski definition) is 1. The van der Waals surface area contributed by atoms with E-state index in [1.54, 1.807) is 11.8 Å². The van der Waals surface area contributed by atoms with Gasteiger partial charge in [-0.25, -0.2) is 0 Å². The number of rotatable bonds is 9. The van der Waals surface area contributed by atoms with Gasteiger partial charge in [0.25, 0.3) is 5.91 Å². The highest BCUT2D eigenvalue weighted by molar-refractivity contribution is 5.87. The molecule has 0 saturated carbocycles. The highest BCUT2D eigenvalue weighted by Gasteiger charge is 2.26. The number of hydrogen-bond acceptors (Lipinski definition) is 3. The average Bonchev–Trinajstić information content (AvgIpc) is 2.71. The van der Waals surface area contributed by atoms with Crippen molar-refractivity contribution in [3.05, 3.63) is 64.7 Å². The molecule has 5 nitrogen and oxygen atoms in total. The van der Waals surface area contributed by atoms with Crippen LogP contribution in [-0.2, 0) is 16.1 Å². The minimum absolute atomic E-state index is 0.115. The van der Waals surface area contributed by atoms with E-state index < -0.39 is 6.04 Å². The van der Waals surface area contributed by atoms with Gasteiger partial charge in [0, 0.05) is 13.1 Å². The molecule has 0 bridgehead atoms. The van der Waals surface area contributed by atoms with Crippen LogP contribution in [0.1, 0.15) is 43.0 Å². The summed E-state index contributed by atoms with van der Waals surface area (Å²) in [5, 5.41) is 2.93. The van der Waals surface area contributed by atoms with Crippen molar-refractivity contribution in [2.24, 2.45) is 5.92 Å². The molecule has 1 N–H and O–H groups in total. The molecule has 0 aliphatic heterocycles. The average molecular weight is 411 g/mol. The van der Waals surface area contributed by atoms with Gasteiger partial charge in [0.2, 0.25) is 5.91 Å². The van der Waals surface area contributed by atoms with Gasteiger partial charge in [0.1, 0.15) is 11.8 Å². The summed E-state index contributed by atoms with van der Waals surface area (Å²) >= 11 is 0. The summed E-state index contributed by atoms with van der Waals surface area (Å²) in [6, 6.07) is 13.1. The van der Waals surface area contributed by atoms with E-state index in [0.29, 0.717) is 24.8 Å². The fourth-order valence-electron chi connectivity index (χ4n) is 2.96. The number of nitrogens with one attached hydrogen (secondary N) is 1. The van der Waals surface area contributed by atoms with Gasteiger partial charge < -0.3 is 15.0 Å². The number of amides is 2. The summed E-state index contributed by atoms with van der Waals surface area (Å²) in [6.45, 7) is 12.7. The van der Waals surface area contributed by atoms with Crippen molar-refractivity contribution in [2.75, 3.05) is 13.2 Å². The van der Waals surface area contributed by atoms with E-state index in [2.05, 4.69) is 5.32 Å². The molecule has 0 aliphatic carbocycles. The molecule has 1 atom stereocenters. The van der Waals surface area contributed by atoms with Crippen molar-refractivity contribution >= 4 is 11.8 Å². The summed E-state index contributed by atoms with van der Waals surface area (Å²) in [5.74, 6) is 0.616. The molecule has 0 fully saturated rings. The van der Waals surface area contributed by atoms with Gasteiger partial charge >= 0.3 is 0 Å². The molecule has 0 saturated heterocycles. The second kappa shape index (κ2) is 10.8. The third-order valence-corrected chi connectivity index (χ3v) is 5.17. The molecular weight excluding hydrogens is 376 g/mol. The lowest BCUT2D eigenvalue weighted by Gasteiger charge is -2.29. The first-order valence-corrected chi connectivity index (χ1v) is 10.5. The Kier molecular flexibility index (Phi) is 8.46. The van der Waals surface area contributed by atoms with Crippen molar-refractivity contribution in [3.8, 4) is 5.75 Å². The summed E-state index contributed by atoms with van der Waals surface area (Å²) in [5.41, 5.74) is 4.41. The topological polar surface area (TPSA) is 58.6 Å². The largest absolute Gasteiger partial charge is 0.484 e. The quantitative estimate of drug-likeness (QED) is 0.675. The van der Waals surface area contributed by atoms with Crippen molar-refractivity contribution < 1.29 is 14.3 Å². The number of aryl methyl sites for hydroxylation is 3. The lowest BCUT2D eigenvalue weighted by Crippen LogP contribution is -2.49. The fourth-order valence-corrected chi connectivity index (χ4v) is 2.96. The molecule has 5 heteroatoms. The second-order valence-electron chi connectivity index (χ2n) is 8.36. The molecule has 0 unspecified atom stereocenters. The first-order valence-electron chi connectivity index (χ1n) is 10.5. The molecule has 0 heterocycles. The number of carbonyl (C=O) groups excluding carboxylic acids is 2. The van der Waals surface area contributed by atoms with Crippen molar-refractivity contribution in [1.29, 1.82) is 0 Å². The minimum Gasteiger partial charge on any atom is -0.484 e. The Hall–Kier alpha value is -2.82. The highest BCUT2D eigenvalue weighted by Crippen LogP contribution is 2.17. The third-order valence-electron chi connectivity index (χ3n) is 5.17. The molecular formula is C25H34N2O3. The molecule has 30 heavy (non-hydrogen) atoms. The maximum Gasteiger partial charge on any atom is 0.261 e. The number of nitrogens with zero attached hydrogens (tertiary/aromatic N) is 1. The van der Waals surface area contributed by atoms with E-state index in [1.165, 1.54) is 5.56 Å². The van der Waals surface area contributed by atoms with Crippen LogP contribution in [0.15, 0.2) is 42.5 Å². The van der Waals surface area contributed by atoms with E-state index in [4.69, 9.17) is 4.74 Å². The van der Waals surface area contributed by atoms with Crippen LogP contribution in [-0.4, -0.2) is 35.9 Å². The molecule has 2 aromatic carbocycles. The van der Waals surface area contributed by atoms with Gasteiger partial charge in [-0.3, -0.25) is 9.59 Å². The first kappa shape index (κ1) is 23.5. The molecule has 0 spiro atoms. The Morgan fingerprint density at radius 3 is 2.23 bits per heavy atom. The van der Waals surface area contributed by atoms with E-state index in [1.807, 2.05) is 77.1 Å². The number of carbonyl (C=O) groups is 2. The van der Waals surface area contributed by atoms with Crippen LogP contribution in [0.2, 0.25) is 0 Å². The van der Waals surface area contributed by atoms with E-state index in [-0.39, 0.29) is 18.4 Å². The number of benzene rings is 2. The maximum atomic E-state index is 13.0. The van der Waals surface area contributed by atoms with Crippen LogP contribution in [0, 0.1) is 26.7 Å². The lowest BCUT2D eigenvalue weighted by molar-refractivity contribution is -0.142. The maximum absolute atomic E-state index is 13.0. The van der Waals surface area contributed by atoms with E-state index in [9.17, 15) is 9.59 Å². The van der Waals surface area contributed by atoms with Gasteiger partial charge in [-0.2, -0.15) is 0 Å². The molecule has 2 amide bonds. The third kappa shape index (κ3) is 6.90. The Labute approximate surface area is 180 Å². The van der Waals surface area contributed by atoms with Crippen LogP contribution < -0.4 is 10.1 Å². The summed E-state index contributed by atoms with van der Waals surface area (Å²) in [6.07, 6.45) is 0. The second-order valence-corrected chi connectivity index (χ2v) is 8.36. The standard InChI is InChI=1S/C25H34N2O3/c1-17(2)14-26-25(29)21(6)27(15-22-10-7-18(3)8-11-22)24(28)16-30-23-12-9-19(4)20(5)13-23/h7-13,17,21H,14-16H2,1-6H3,(H,26,29)/t21-/m1/s1. The van der Waals surface area contributed by atoms with E-state index >= 15 is 0 Å². The SMILES string of the molecule is Cc1ccc(CN(C(=O)COc2ccc(C)c(C)c2)[C@H](C)C(=O)NCC(C)C)cc1. The normalized spacial score (nSPS) is 11.8. The van der Waals surface area contributed by atoms with Crippen LogP contribution in [0.25, 0.3) is 0 Å². The molecule has 2 aromatic rings. The smallest absolute Gasteiger partial charge is 0.261 e. The predicted molar refractivity (Wildman–Crippen MR) is 120 cm³/mol. The zero-order chi connectivity index (χ0) is 22.3. The Morgan fingerprint density at radius 2 is 1.63 bits per heavy atom. The summed E-state index contributed by atoms with van der Waals surface area (Å²) in [7, 11) is 0. The zero-order valence-electron chi connectivity index (χ0n) is 19.0. The van der Waals surface area contributed by atoms with Gasteiger partial charge in [-0.15, -0.1) is 0 Å². The first-order chi connectivity index (χ1) is 14.2. The van der Waals surface area contributed by atoms with Crippen LogP contribution in [0.4, 0.5) is 0 Å².